The van der Waals surface area contributed by atoms with Crippen LogP contribution in [-0.4, -0.2) is 90.2 Å². The molecule has 2 aromatic heterocycles. The second kappa shape index (κ2) is 13.8. The molecular formula is C38H41N9O5. The Hall–Kier alpha value is -5.63. The van der Waals surface area contributed by atoms with Crippen LogP contribution >= 0.6 is 0 Å². The number of phenols is 1. The van der Waals surface area contributed by atoms with Gasteiger partial charge in [-0.1, -0.05) is 12.1 Å². The van der Waals surface area contributed by atoms with Crippen LogP contribution in [0.2, 0.25) is 0 Å². The minimum Gasteiger partial charge on any atom is -0.507 e. The van der Waals surface area contributed by atoms with E-state index in [-0.39, 0.29) is 29.7 Å². The first kappa shape index (κ1) is 33.5. The largest absolute Gasteiger partial charge is 0.507 e. The number of likely N-dealkylation sites (tertiary alicyclic amines) is 1. The van der Waals surface area contributed by atoms with Gasteiger partial charge in [0.05, 0.1) is 29.1 Å². The van der Waals surface area contributed by atoms with Gasteiger partial charge in [-0.3, -0.25) is 34.1 Å². The summed E-state index contributed by atoms with van der Waals surface area (Å²) in [6.07, 6.45) is 10.6. The number of carbonyl (C=O) groups is 4. The van der Waals surface area contributed by atoms with Crippen LogP contribution in [0.1, 0.15) is 78.1 Å². The molecule has 14 heteroatoms. The number of nitrogens with one attached hydrogen (secondary N) is 2. The Labute approximate surface area is 300 Å². The highest BCUT2D eigenvalue weighted by atomic mass is 16.3. The number of phenolic OH excluding ortho intramolecular Hbond substituents is 1. The van der Waals surface area contributed by atoms with E-state index in [1.807, 2.05) is 35.3 Å². The van der Waals surface area contributed by atoms with Crippen molar-refractivity contribution in [2.45, 2.75) is 69.5 Å². The first-order valence-electron chi connectivity index (χ1n) is 18.0. The smallest absolute Gasteiger partial charge is 0.262 e. The van der Waals surface area contributed by atoms with Crippen LogP contribution in [0.25, 0.3) is 22.4 Å². The number of hydrogen-bond acceptors (Lipinski definition) is 11. The molecule has 0 spiro atoms. The summed E-state index contributed by atoms with van der Waals surface area (Å²) in [5.41, 5.74) is 10.3. The fraction of sp³-hybridized carbons (Fsp3) is 0.395. The standard InChI is InChI=1S/C38H41N9O5/c39-35-29(18-31(43-44-35)28-3-1-2-4-33(28)48)23-20-41-46(21-23)26-13-15-45(16-14-26)25-8-5-22(6-9-25)19-40-24-7-10-27-30(17-24)38(52)47(37(27)51)32-11-12-34(49)42-36(32)50/h1-4,7,10,17-18,20-22,25-26,32,40,48H,5-6,8-9,11-16,19H2,(H2,39,44)(H,42,49,50)/t22-,25-,32?. The molecule has 3 fully saturated rings. The van der Waals surface area contributed by atoms with Crippen LogP contribution in [0, 0.1) is 5.92 Å². The third-order valence-electron chi connectivity index (χ3n) is 11.2. The number of amides is 4. The summed E-state index contributed by atoms with van der Waals surface area (Å²) in [6.45, 7) is 2.81. The van der Waals surface area contributed by atoms with Gasteiger partial charge in [0.1, 0.15) is 11.8 Å². The minimum atomic E-state index is -0.970. The lowest BCUT2D eigenvalue weighted by atomic mass is 9.84. The Kier molecular flexibility index (Phi) is 8.91. The molecular weight excluding hydrogens is 662 g/mol. The monoisotopic (exact) mass is 703 g/mol. The van der Waals surface area contributed by atoms with E-state index in [9.17, 15) is 24.3 Å². The molecule has 1 unspecified atom stereocenters. The van der Waals surface area contributed by atoms with Crippen molar-refractivity contribution < 1.29 is 24.3 Å². The van der Waals surface area contributed by atoms with Crippen molar-refractivity contribution >= 4 is 35.1 Å². The number of aromatic nitrogens is 4. The highest BCUT2D eigenvalue weighted by Gasteiger charge is 2.44. The van der Waals surface area contributed by atoms with E-state index in [4.69, 9.17) is 10.8 Å². The number of aromatic hydroxyl groups is 1. The molecule has 0 bridgehead atoms. The number of hydrogen-bond donors (Lipinski definition) is 4. The lowest BCUT2D eigenvalue weighted by molar-refractivity contribution is -0.136. The van der Waals surface area contributed by atoms with Crippen LogP contribution in [-0.2, 0) is 9.59 Å². The summed E-state index contributed by atoms with van der Waals surface area (Å²) in [5, 5.41) is 29.1. The molecule has 4 aromatic rings. The molecule has 1 saturated carbocycles. The zero-order valence-electron chi connectivity index (χ0n) is 28.7. The molecule has 1 atom stereocenters. The van der Waals surface area contributed by atoms with Crippen molar-refractivity contribution in [3.05, 3.63) is 72.1 Å². The number of benzene rings is 2. The maximum atomic E-state index is 13.2. The highest BCUT2D eigenvalue weighted by molar-refractivity contribution is 6.23. The quantitative estimate of drug-likeness (QED) is 0.194. The summed E-state index contributed by atoms with van der Waals surface area (Å²) >= 11 is 0. The Bertz CT molecular complexity index is 2050. The second-order valence-electron chi connectivity index (χ2n) is 14.3. The average molecular weight is 704 g/mol. The first-order valence-corrected chi connectivity index (χ1v) is 18.0. The van der Waals surface area contributed by atoms with E-state index >= 15 is 0 Å². The normalized spacial score (nSPS) is 22.8. The number of nitrogens with zero attached hydrogens (tertiary/aromatic N) is 6. The van der Waals surface area contributed by atoms with Crippen molar-refractivity contribution in [2.75, 3.05) is 30.7 Å². The van der Waals surface area contributed by atoms with Crippen molar-refractivity contribution in [3.63, 3.8) is 0 Å². The van der Waals surface area contributed by atoms with Crippen LogP contribution in [0.3, 0.4) is 0 Å². The summed E-state index contributed by atoms with van der Waals surface area (Å²) in [4.78, 5) is 53.8. The zero-order chi connectivity index (χ0) is 35.9. The Morgan fingerprint density at radius 2 is 1.60 bits per heavy atom. The van der Waals surface area contributed by atoms with E-state index in [1.165, 1.54) is 0 Å². The number of para-hydroxylation sites is 1. The van der Waals surface area contributed by atoms with Gasteiger partial charge in [-0.25, -0.2) is 0 Å². The number of fused-ring (bicyclic) bond motifs is 1. The van der Waals surface area contributed by atoms with Gasteiger partial charge < -0.3 is 21.1 Å². The van der Waals surface area contributed by atoms with Crippen LogP contribution in [0.4, 0.5) is 11.5 Å². The Morgan fingerprint density at radius 3 is 2.37 bits per heavy atom. The predicted octanol–water partition coefficient (Wildman–Crippen LogP) is 4.00. The van der Waals surface area contributed by atoms with E-state index < -0.39 is 29.7 Å². The molecule has 3 aliphatic heterocycles. The van der Waals surface area contributed by atoms with Crippen molar-refractivity contribution in [1.82, 2.24) is 35.1 Å². The van der Waals surface area contributed by atoms with Gasteiger partial charge in [0, 0.05) is 60.7 Å². The number of imide groups is 2. The number of rotatable bonds is 8. The number of anilines is 2. The van der Waals surface area contributed by atoms with Crippen molar-refractivity contribution in [3.8, 4) is 28.1 Å². The third kappa shape index (κ3) is 6.38. The molecule has 8 rings (SSSR count). The van der Waals surface area contributed by atoms with Crippen molar-refractivity contribution in [1.29, 1.82) is 0 Å². The van der Waals surface area contributed by atoms with Crippen molar-refractivity contribution in [2.24, 2.45) is 5.92 Å². The van der Waals surface area contributed by atoms with E-state index in [1.54, 1.807) is 30.3 Å². The first-order chi connectivity index (χ1) is 25.2. The average Bonchev–Trinajstić information content (AvgIpc) is 3.74. The Balaban J connectivity index is 0.816. The van der Waals surface area contributed by atoms with Crippen LogP contribution < -0.4 is 16.4 Å². The molecule has 268 valence electrons. The van der Waals surface area contributed by atoms with Gasteiger partial charge in [0.2, 0.25) is 11.8 Å². The van der Waals surface area contributed by atoms with Gasteiger partial charge in [-0.2, -0.15) is 5.10 Å². The SMILES string of the molecule is Nc1nnc(-c2ccccc2O)cc1-c1cnn(C2CCN([C@H]3CC[C@H](CNc4ccc5c(c4)C(=O)N(C4CCC(=O)NC4=O)C5=O)CC3)CC2)c1. The molecule has 0 radical (unpaired) electrons. The lowest BCUT2D eigenvalue weighted by Gasteiger charge is -2.41. The lowest BCUT2D eigenvalue weighted by Crippen LogP contribution is -2.54. The van der Waals surface area contributed by atoms with E-state index in [0.29, 0.717) is 35.1 Å². The summed E-state index contributed by atoms with van der Waals surface area (Å²) in [7, 11) is 0. The molecule has 52 heavy (non-hydrogen) atoms. The maximum Gasteiger partial charge on any atom is 0.262 e. The number of piperidine rings is 2. The summed E-state index contributed by atoms with van der Waals surface area (Å²) in [5.74, 6) is -1.03. The summed E-state index contributed by atoms with van der Waals surface area (Å²) in [6, 6.07) is 13.9. The van der Waals surface area contributed by atoms with Gasteiger partial charge in [0.25, 0.3) is 11.8 Å². The molecule has 5 heterocycles. The number of nitrogen functional groups attached to an aromatic ring is 1. The van der Waals surface area contributed by atoms with Gasteiger partial charge in [-0.15, -0.1) is 10.2 Å². The zero-order valence-corrected chi connectivity index (χ0v) is 28.7. The van der Waals surface area contributed by atoms with Gasteiger partial charge >= 0.3 is 0 Å². The molecule has 2 saturated heterocycles. The number of nitrogens with two attached hydrogens (primary N) is 1. The molecule has 14 nitrogen and oxygen atoms in total. The fourth-order valence-corrected chi connectivity index (χ4v) is 8.20. The predicted molar refractivity (Wildman–Crippen MR) is 192 cm³/mol. The topological polar surface area (TPSA) is 189 Å². The maximum absolute atomic E-state index is 13.2. The van der Waals surface area contributed by atoms with Crippen LogP contribution in [0.15, 0.2) is 60.9 Å². The molecule has 4 amide bonds. The molecule has 2 aromatic carbocycles. The minimum absolute atomic E-state index is 0.0936. The third-order valence-corrected chi connectivity index (χ3v) is 11.2. The number of carbonyl (C=O) groups excluding carboxylic acids is 4. The fourth-order valence-electron chi connectivity index (χ4n) is 8.20. The van der Waals surface area contributed by atoms with Crippen LogP contribution in [0.5, 0.6) is 5.75 Å². The molecule has 4 aliphatic rings. The van der Waals surface area contributed by atoms with E-state index in [2.05, 4.69) is 25.7 Å². The Morgan fingerprint density at radius 1 is 0.827 bits per heavy atom. The second-order valence-corrected chi connectivity index (χ2v) is 14.3. The van der Waals surface area contributed by atoms with E-state index in [0.717, 1.165) is 79.9 Å². The molecule has 1 aliphatic carbocycles. The molecule has 5 N–H and O–H groups in total. The van der Waals surface area contributed by atoms with Gasteiger partial charge in [-0.05, 0) is 87.3 Å². The summed E-state index contributed by atoms with van der Waals surface area (Å²) < 4.78 is 2.05. The van der Waals surface area contributed by atoms with Gasteiger partial charge in [0.15, 0.2) is 5.82 Å². The highest BCUT2D eigenvalue weighted by Crippen LogP contribution is 2.35.